The number of rotatable bonds is 10. The number of para-hydroxylation sites is 1. The largest absolute Gasteiger partial charge is 0.493 e. The van der Waals surface area contributed by atoms with Crippen molar-refractivity contribution in [3.05, 3.63) is 60.3 Å². The molecule has 28 heavy (non-hydrogen) atoms. The summed E-state index contributed by atoms with van der Waals surface area (Å²) in [7, 11) is -3.63. The summed E-state index contributed by atoms with van der Waals surface area (Å²) >= 11 is 0. The van der Waals surface area contributed by atoms with E-state index in [0.29, 0.717) is 12.2 Å². The number of ketones is 1. The number of Topliss-reactive ketones (excluding diaryl/α,β-unsaturated/α-hetero) is 1. The summed E-state index contributed by atoms with van der Waals surface area (Å²) in [4.78, 5) is 23.3. The number of hydrogen-bond acceptors (Lipinski definition) is 6. The Bertz CT molecular complexity index is 987. The first kappa shape index (κ1) is 21.0. The molecule has 0 aliphatic heterocycles. The number of allylic oxidation sites excluding steroid dienone is 1. The number of anilines is 1. The fourth-order valence-corrected chi connectivity index (χ4v) is 2.85. The van der Waals surface area contributed by atoms with E-state index in [1.165, 1.54) is 12.1 Å². The molecule has 0 spiro atoms. The Morgan fingerprint density at radius 2 is 1.86 bits per heavy atom. The smallest absolute Gasteiger partial charge is 0.229 e. The van der Waals surface area contributed by atoms with E-state index in [1.807, 2.05) is 0 Å². The van der Waals surface area contributed by atoms with Crippen molar-refractivity contribution in [3.63, 3.8) is 0 Å². The lowest BCUT2D eigenvalue weighted by molar-refractivity contribution is -0.108. The zero-order chi connectivity index (χ0) is 20.7. The Morgan fingerprint density at radius 1 is 1.18 bits per heavy atom. The van der Waals surface area contributed by atoms with Gasteiger partial charge in [-0.05, 0) is 25.1 Å². The van der Waals surface area contributed by atoms with Crippen LogP contribution in [0.5, 0.6) is 17.2 Å². The second-order valence-corrected chi connectivity index (χ2v) is 7.39. The van der Waals surface area contributed by atoms with Gasteiger partial charge in [0.25, 0.3) is 0 Å². The molecule has 0 aliphatic rings. The molecule has 0 atom stereocenters. The van der Waals surface area contributed by atoms with Crippen molar-refractivity contribution in [2.45, 2.75) is 6.92 Å². The van der Waals surface area contributed by atoms with E-state index >= 15 is 0 Å². The van der Waals surface area contributed by atoms with Crippen LogP contribution in [-0.4, -0.2) is 33.5 Å². The van der Waals surface area contributed by atoms with E-state index in [1.54, 1.807) is 37.3 Å². The zero-order valence-corrected chi connectivity index (χ0v) is 16.2. The third-order valence-electron chi connectivity index (χ3n) is 3.40. The summed E-state index contributed by atoms with van der Waals surface area (Å²) in [6.45, 7) is 5.46. The van der Waals surface area contributed by atoms with Crippen molar-refractivity contribution in [1.82, 2.24) is 5.32 Å². The van der Waals surface area contributed by atoms with E-state index in [2.05, 4.69) is 16.6 Å². The third-order valence-corrected chi connectivity index (χ3v) is 3.99. The molecule has 2 N–H and O–H groups in total. The highest BCUT2D eigenvalue weighted by Crippen LogP contribution is 2.37. The van der Waals surface area contributed by atoms with E-state index in [4.69, 9.17) is 9.47 Å². The van der Waals surface area contributed by atoms with Gasteiger partial charge in [-0.1, -0.05) is 24.8 Å². The van der Waals surface area contributed by atoms with Crippen LogP contribution >= 0.6 is 0 Å². The van der Waals surface area contributed by atoms with Crippen LogP contribution in [0.3, 0.4) is 0 Å². The molecule has 0 saturated heterocycles. The van der Waals surface area contributed by atoms with Gasteiger partial charge in [0.2, 0.25) is 22.2 Å². The van der Waals surface area contributed by atoms with Gasteiger partial charge in [0.15, 0.2) is 5.75 Å². The quantitative estimate of drug-likeness (QED) is 0.358. The Morgan fingerprint density at radius 3 is 2.43 bits per heavy atom. The third kappa shape index (κ3) is 5.58. The van der Waals surface area contributed by atoms with Crippen molar-refractivity contribution in [2.24, 2.45) is 0 Å². The van der Waals surface area contributed by atoms with Crippen LogP contribution in [-0.2, 0) is 14.8 Å². The zero-order valence-electron chi connectivity index (χ0n) is 15.4. The van der Waals surface area contributed by atoms with Crippen LogP contribution in [0.4, 0.5) is 5.69 Å². The van der Waals surface area contributed by atoms with Gasteiger partial charge in [-0.2, -0.15) is 0 Å². The van der Waals surface area contributed by atoms with Gasteiger partial charge >= 0.3 is 0 Å². The number of carbonyl (C=O) groups is 2. The van der Waals surface area contributed by atoms with Crippen molar-refractivity contribution in [1.29, 1.82) is 0 Å². The Balaban J connectivity index is 2.60. The molecule has 0 unspecified atom stereocenters. The first-order chi connectivity index (χ1) is 13.2. The molecule has 9 heteroatoms. The Hall–Kier alpha value is -3.33. The molecule has 0 heterocycles. The van der Waals surface area contributed by atoms with Crippen LogP contribution in [0.2, 0.25) is 0 Å². The Labute approximate surface area is 163 Å². The van der Waals surface area contributed by atoms with E-state index in [0.717, 1.165) is 6.26 Å². The second kappa shape index (κ2) is 9.05. The molecule has 1 amide bonds. The van der Waals surface area contributed by atoms with E-state index in [-0.39, 0.29) is 35.1 Å². The highest BCUT2D eigenvalue weighted by Gasteiger charge is 2.21. The fourth-order valence-electron chi connectivity index (χ4n) is 2.29. The van der Waals surface area contributed by atoms with E-state index in [9.17, 15) is 18.0 Å². The standard InChI is InChI=1S/C19H20N2O6S/c1-4-26-17-11-16(21-28(3,24)25)18(27-14-8-6-5-7-9-14)10-15(17)19(23)13(2)20-12-22/h5-12,21H,2,4H2,1,3H3,(H,20,22). The maximum atomic E-state index is 12.6. The minimum absolute atomic E-state index is 0.0613. The van der Waals surface area contributed by atoms with Crippen molar-refractivity contribution >= 4 is 27.9 Å². The van der Waals surface area contributed by atoms with Crippen molar-refractivity contribution in [2.75, 3.05) is 17.6 Å². The monoisotopic (exact) mass is 404 g/mol. The van der Waals surface area contributed by atoms with Crippen LogP contribution in [0.15, 0.2) is 54.7 Å². The first-order valence-corrected chi connectivity index (χ1v) is 10.1. The summed E-state index contributed by atoms with van der Waals surface area (Å²) in [5, 5.41) is 2.20. The number of nitrogens with one attached hydrogen (secondary N) is 2. The minimum Gasteiger partial charge on any atom is -0.493 e. The van der Waals surface area contributed by atoms with Crippen molar-refractivity contribution in [3.8, 4) is 17.2 Å². The molecule has 2 aromatic carbocycles. The summed E-state index contributed by atoms with van der Waals surface area (Å²) < 4.78 is 37.1. The molecule has 0 aromatic heterocycles. The minimum atomic E-state index is -3.63. The number of benzene rings is 2. The predicted octanol–water partition coefficient (Wildman–Crippen LogP) is 2.69. The lowest BCUT2D eigenvalue weighted by atomic mass is 10.1. The molecule has 0 saturated carbocycles. The van der Waals surface area contributed by atoms with Crippen LogP contribution in [0.1, 0.15) is 17.3 Å². The summed E-state index contributed by atoms with van der Waals surface area (Å²) in [6.07, 6.45) is 1.33. The maximum absolute atomic E-state index is 12.6. The van der Waals surface area contributed by atoms with Crippen LogP contribution < -0.4 is 19.5 Å². The first-order valence-electron chi connectivity index (χ1n) is 8.20. The molecule has 2 aromatic rings. The van der Waals surface area contributed by atoms with Gasteiger partial charge < -0.3 is 14.8 Å². The second-order valence-electron chi connectivity index (χ2n) is 5.64. The lowest BCUT2D eigenvalue weighted by Crippen LogP contribution is -2.19. The molecular formula is C19H20N2O6S. The maximum Gasteiger partial charge on any atom is 0.229 e. The van der Waals surface area contributed by atoms with Gasteiger partial charge in [-0.25, -0.2) is 8.42 Å². The summed E-state index contributed by atoms with van der Waals surface area (Å²) in [6, 6.07) is 11.3. The highest BCUT2D eigenvalue weighted by atomic mass is 32.2. The molecule has 2 rings (SSSR count). The molecule has 0 radical (unpaired) electrons. The SMILES string of the molecule is C=C(NC=O)C(=O)c1cc(Oc2ccccc2)c(NS(C)(=O)=O)cc1OCC. The number of amides is 1. The number of hydrogen-bond donors (Lipinski definition) is 2. The number of sulfonamides is 1. The Kier molecular flexibility index (Phi) is 6.78. The number of ether oxygens (including phenoxy) is 2. The average molecular weight is 404 g/mol. The normalized spacial score (nSPS) is 10.6. The molecule has 0 aliphatic carbocycles. The van der Waals surface area contributed by atoms with Gasteiger partial charge in [0.05, 0.1) is 29.8 Å². The fraction of sp³-hybridized carbons (Fsp3) is 0.158. The number of carbonyl (C=O) groups excluding carboxylic acids is 2. The van der Waals surface area contributed by atoms with Crippen LogP contribution in [0, 0.1) is 0 Å². The molecule has 148 valence electrons. The molecular weight excluding hydrogens is 384 g/mol. The predicted molar refractivity (Wildman–Crippen MR) is 105 cm³/mol. The molecule has 0 fully saturated rings. The topological polar surface area (TPSA) is 111 Å². The highest BCUT2D eigenvalue weighted by molar-refractivity contribution is 7.92. The average Bonchev–Trinajstić information content (AvgIpc) is 2.63. The van der Waals surface area contributed by atoms with Gasteiger partial charge in [-0.15, -0.1) is 0 Å². The van der Waals surface area contributed by atoms with E-state index < -0.39 is 15.8 Å². The lowest BCUT2D eigenvalue weighted by Gasteiger charge is -2.17. The van der Waals surface area contributed by atoms with Crippen LogP contribution in [0.25, 0.3) is 0 Å². The molecule has 8 nitrogen and oxygen atoms in total. The molecule has 0 bridgehead atoms. The summed E-state index contributed by atoms with van der Waals surface area (Å²) in [5.41, 5.74) is -0.00284. The van der Waals surface area contributed by atoms with Gasteiger partial charge in [0, 0.05) is 6.07 Å². The van der Waals surface area contributed by atoms with Gasteiger partial charge in [0.1, 0.15) is 11.5 Å². The summed E-state index contributed by atoms with van der Waals surface area (Å²) in [5.74, 6) is 0.0427. The van der Waals surface area contributed by atoms with Gasteiger partial charge in [-0.3, -0.25) is 14.3 Å². The van der Waals surface area contributed by atoms with Crippen molar-refractivity contribution < 1.29 is 27.5 Å².